The van der Waals surface area contributed by atoms with Crippen LogP contribution in [0.15, 0.2) is 0 Å². The lowest BCUT2D eigenvalue weighted by Gasteiger charge is -2.27. The summed E-state index contributed by atoms with van der Waals surface area (Å²) in [4.78, 5) is 24.5. The van der Waals surface area contributed by atoms with E-state index in [-0.39, 0.29) is 18.5 Å². The van der Waals surface area contributed by atoms with Gasteiger partial charge in [-0.2, -0.15) is 0 Å². The van der Waals surface area contributed by atoms with E-state index < -0.39 is 5.97 Å². The molecule has 5 nitrogen and oxygen atoms in total. The molecule has 20 heavy (non-hydrogen) atoms. The van der Waals surface area contributed by atoms with E-state index in [9.17, 15) is 9.59 Å². The highest BCUT2D eigenvalue weighted by atomic mass is 16.4. The van der Waals surface area contributed by atoms with Crippen LogP contribution >= 0.6 is 0 Å². The zero-order valence-corrected chi connectivity index (χ0v) is 12.9. The molecule has 0 aromatic carbocycles. The second kappa shape index (κ2) is 8.12. The molecule has 0 radical (unpaired) electrons. The lowest BCUT2D eigenvalue weighted by Crippen LogP contribution is -2.45. The van der Waals surface area contributed by atoms with Gasteiger partial charge in [-0.3, -0.25) is 4.79 Å². The number of urea groups is 1. The van der Waals surface area contributed by atoms with Crippen LogP contribution in [0.1, 0.15) is 52.9 Å². The maximum absolute atomic E-state index is 12.1. The summed E-state index contributed by atoms with van der Waals surface area (Å²) in [6, 6.07) is 0.234. The summed E-state index contributed by atoms with van der Waals surface area (Å²) in [5.41, 5.74) is 0. The highest BCUT2D eigenvalue weighted by molar-refractivity contribution is 5.74. The summed E-state index contributed by atoms with van der Waals surface area (Å²) in [5, 5.41) is 11.6. The summed E-state index contributed by atoms with van der Waals surface area (Å²) in [5.74, 6) is 0.260. The number of hydrogen-bond acceptors (Lipinski definition) is 2. The van der Waals surface area contributed by atoms with Crippen LogP contribution in [0.4, 0.5) is 4.79 Å². The van der Waals surface area contributed by atoms with Crippen molar-refractivity contribution >= 4 is 12.0 Å². The van der Waals surface area contributed by atoms with Gasteiger partial charge in [0.15, 0.2) is 0 Å². The van der Waals surface area contributed by atoms with Crippen LogP contribution in [0, 0.1) is 11.8 Å². The van der Waals surface area contributed by atoms with Crippen LogP contribution in [0.3, 0.4) is 0 Å². The maximum Gasteiger partial charge on any atom is 0.317 e. The van der Waals surface area contributed by atoms with Gasteiger partial charge in [-0.15, -0.1) is 0 Å². The number of carboxylic acid groups (broad SMARTS) is 1. The van der Waals surface area contributed by atoms with Crippen molar-refractivity contribution in [3.8, 4) is 0 Å². The standard InChI is InChI=1S/C15H28N2O3/c1-11(2)17(10-13-5-6-13)15(20)16-9-8-12(3)4-7-14(18)19/h11-13H,4-10H2,1-3H3,(H,16,20)(H,18,19). The van der Waals surface area contributed by atoms with E-state index >= 15 is 0 Å². The quantitative estimate of drug-likeness (QED) is 0.684. The molecular weight excluding hydrogens is 256 g/mol. The van der Waals surface area contributed by atoms with Gasteiger partial charge < -0.3 is 15.3 Å². The van der Waals surface area contributed by atoms with Crippen LogP contribution in [0.2, 0.25) is 0 Å². The van der Waals surface area contributed by atoms with E-state index in [1.807, 2.05) is 25.7 Å². The predicted octanol–water partition coefficient (Wildman–Crippen LogP) is 2.71. The molecule has 0 aliphatic heterocycles. The highest BCUT2D eigenvalue weighted by Crippen LogP contribution is 2.30. The van der Waals surface area contributed by atoms with Crippen molar-refractivity contribution in [2.75, 3.05) is 13.1 Å². The van der Waals surface area contributed by atoms with Crippen LogP contribution in [0.5, 0.6) is 0 Å². The zero-order chi connectivity index (χ0) is 15.1. The summed E-state index contributed by atoms with van der Waals surface area (Å²) < 4.78 is 0. The molecule has 2 N–H and O–H groups in total. The molecule has 1 fully saturated rings. The van der Waals surface area contributed by atoms with Gasteiger partial charge in [0.25, 0.3) is 0 Å². The van der Waals surface area contributed by atoms with Crippen LogP contribution < -0.4 is 5.32 Å². The molecule has 0 bridgehead atoms. The van der Waals surface area contributed by atoms with Crippen molar-refractivity contribution in [2.45, 2.75) is 58.9 Å². The van der Waals surface area contributed by atoms with Crippen LogP contribution in [0.25, 0.3) is 0 Å². The number of hydrogen-bond donors (Lipinski definition) is 2. The molecule has 0 heterocycles. The normalized spacial score (nSPS) is 16.0. The van der Waals surface area contributed by atoms with Crippen molar-refractivity contribution in [1.82, 2.24) is 10.2 Å². The minimum Gasteiger partial charge on any atom is -0.481 e. The molecule has 1 saturated carbocycles. The Morgan fingerprint density at radius 2 is 1.90 bits per heavy atom. The number of carboxylic acids is 1. The van der Waals surface area contributed by atoms with Gasteiger partial charge in [-0.1, -0.05) is 6.92 Å². The van der Waals surface area contributed by atoms with E-state index in [1.165, 1.54) is 12.8 Å². The number of nitrogens with zero attached hydrogens (tertiary/aromatic N) is 1. The molecule has 1 rings (SSSR count). The smallest absolute Gasteiger partial charge is 0.317 e. The number of nitrogens with one attached hydrogen (secondary N) is 1. The number of amides is 2. The molecule has 1 unspecified atom stereocenters. The van der Waals surface area contributed by atoms with E-state index in [2.05, 4.69) is 5.32 Å². The third kappa shape index (κ3) is 6.78. The lowest BCUT2D eigenvalue weighted by molar-refractivity contribution is -0.137. The Bertz CT molecular complexity index is 327. The number of rotatable bonds is 9. The second-order valence-corrected chi connectivity index (χ2v) is 6.25. The average molecular weight is 284 g/mol. The molecule has 2 amide bonds. The minimum atomic E-state index is -0.753. The number of carbonyl (C=O) groups excluding carboxylic acids is 1. The fourth-order valence-electron chi connectivity index (χ4n) is 2.15. The monoisotopic (exact) mass is 284 g/mol. The average Bonchev–Trinajstić information content (AvgIpc) is 3.16. The van der Waals surface area contributed by atoms with E-state index in [1.54, 1.807) is 0 Å². The number of carbonyl (C=O) groups is 2. The Morgan fingerprint density at radius 3 is 2.40 bits per heavy atom. The second-order valence-electron chi connectivity index (χ2n) is 6.25. The van der Waals surface area contributed by atoms with Crippen molar-refractivity contribution in [3.63, 3.8) is 0 Å². The molecular formula is C15H28N2O3. The molecule has 1 aliphatic rings. The SMILES string of the molecule is CC(CCNC(=O)N(CC1CC1)C(C)C)CCC(=O)O. The Hall–Kier alpha value is -1.26. The first-order valence-electron chi connectivity index (χ1n) is 7.66. The van der Waals surface area contributed by atoms with Crippen LogP contribution in [-0.2, 0) is 4.79 Å². The Balaban J connectivity index is 2.21. The van der Waals surface area contributed by atoms with E-state index in [0.717, 1.165) is 13.0 Å². The highest BCUT2D eigenvalue weighted by Gasteiger charge is 2.27. The zero-order valence-electron chi connectivity index (χ0n) is 12.9. The first-order chi connectivity index (χ1) is 9.40. The Labute approximate surface area is 121 Å². The van der Waals surface area contributed by atoms with Crippen molar-refractivity contribution in [2.24, 2.45) is 11.8 Å². The third-order valence-electron chi connectivity index (χ3n) is 3.80. The minimum absolute atomic E-state index is 0.0114. The van der Waals surface area contributed by atoms with E-state index in [4.69, 9.17) is 5.11 Å². The Kier molecular flexibility index (Phi) is 6.82. The molecule has 0 spiro atoms. The van der Waals surface area contributed by atoms with Crippen LogP contribution in [-0.4, -0.2) is 41.1 Å². The van der Waals surface area contributed by atoms with Crippen molar-refractivity contribution in [1.29, 1.82) is 0 Å². The summed E-state index contributed by atoms with van der Waals surface area (Å²) >= 11 is 0. The predicted molar refractivity (Wildman–Crippen MR) is 78.6 cm³/mol. The summed E-state index contributed by atoms with van der Waals surface area (Å²) in [6.45, 7) is 7.58. The summed E-state index contributed by atoms with van der Waals surface area (Å²) in [7, 11) is 0. The number of aliphatic carboxylic acids is 1. The topological polar surface area (TPSA) is 69.6 Å². The van der Waals surface area contributed by atoms with Gasteiger partial charge in [0.05, 0.1) is 0 Å². The first-order valence-corrected chi connectivity index (χ1v) is 7.66. The summed E-state index contributed by atoms with van der Waals surface area (Å²) in [6.07, 6.45) is 4.18. The maximum atomic E-state index is 12.1. The van der Waals surface area contributed by atoms with Gasteiger partial charge in [-0.25, -0.2) is 4.79 Å². The van der Waals surface area contributed by atoms with Gasteiger partial charge >= 0.3 is 12.0 Å². The Morgan fingerprint density at radius 1 is 1.25 bits per heavy atom. The molecule has 1 atom stereocenters. The van der Waals surface area contributed by atoms with Crippen molar-refractivity contribution < 1.29 is 14.7 Å². The third-order valence-corrected chi connectivity index (χ3v) is 3.80. The molecule has 0 aromatic rings. The van der Waals surface area contributed by atoms with Gasteiger partial charge in [-0.05, 0) is 51.4 Å². The lowest BCUT2D eigenvalue weighted by atomic mass is 10.0. The molecule has 0 aromatic heterocycles. The molecule has 5 heteroatoms. The fraction of sp³-hybridized carbons (Fsp3) is 0.867. The molecule has 0 saturated heterocycles. The van der Waals surface area contributed by atoms with Gasteiger partial charge in [0, 0.05) is 25.6 Å². The molecule has 1 aliphatic carbocycles. The first kappa shape index (κ1) is 16.8. The van der Waals surface area contributed by atoms with E-state index in [0.29, 0.717) is 24.8 Å². The van der Waals surface area contributed by atoms with Gasteiger partial charge in [0.2, 0.25) is 0 Å². The largest absolute Gasteiger partial charge is 0.481 e. The van der Waals surface area contributed by atoms with Crippen molar-refractivity contribution in [3.05, 3.63) is 0 Å². The molecule has 116 valence electrons. The van der Waals surface area contributed by atoms with Gasteiger partial charge in [0.1, 0.15) is 0 Å². The fourth-order valence-corrected chi connectivity index (χ4v) is 2.15.